The molecule has 0 aliphatic heterocycles. The number of aromatic hydroxyl groups is 1. The molecular formula is C19H18N2O4. The summed E-state index contributed by atoms with van der Waals surface area (Å²) in [5.41, 5.74) is 2.07. The van der Waals surface area contributed by atoms with Gasteiger partial charge in [0.1, 0.15) is 11.4 Å². The van der Waals surface area contributed by atoms with Gasteiger partial charge in [-0.2, -0.15) is 5.26 Å². The van der Waals surface area contributed by atoms with Crippen molar-refractivity contribution < 1.29 is 19.4 Å². The van der Waals surface area contributed by atoms with E-state index in [0.717, 1.165) is 5.56 Å². The third-order valence-electron chi connectivity index (χ3n) is 3.53. The smallest absolute Gasteiger partial charge is 0.306 e. The quantitative estimate of drug-likeness (QED) is 0.615. The van der Waals surface area contributed by atoms with E-state index in [4.69, 9.17) is 10.00 Å². The molecule has 0 atom stereocenters. The van der Waals surface area contributed by atoms with E-state index in [1.165, 1.54) is 6.07 Å². The number of benzene rings is 1. The van der Waals surface area contributed by atoms with Crippen LogP contribution in [0.1, 0.15) is 47.1 Å². The first kappa shape index (κ1) is 18.1. The Morgan fingerprint density at radius 2 is 1.88 bits per heavy atom. The normalized spacial score (nSPS) is 10.1. The molecular weight excluding hydrogens is 320 g/mol. The Morgan fingerprint density at radius 3 is 2.52 bits per heavy atom. The molecule has 0 saturated heterocycles. The van der Waals surface area contributed by atoms with Crippen molar-refractivity contribution >= 4 is 11.8 Å². The first-order valence-electron chi connectivity index (χ1n) is 7.90. The van der Waals surface area contributed by atoms with Gasteiger partial charge in [-0.05, 0) is 36.8 Å². The fourth-order valence-corrected chi connectivity index (χ4v) is 2.27. The molecule has 6 heteroatoms. The minimum Gasteiger partial charge on any atom is -0.506 e. The molecule has 0 amide bonds. The Labute approximate surface area is 145 Å². The minimum atomic E-state index is -0.455. The second-order valence-electron chi connectivity index (χ2n) is 5.38. The summed E-state index contributed by atoms with van der Waals surface area (Å²) >= 11 is 0. The topological polar surface area (TPSA) is 100 Å². The lowest BCUT2D eigenvalue weighted by Crippen LogP contribution is -2.10. The van der Waals surface area contributed by atoms with Crippen molar-refractivity contribution in [2.24, 2.45) is 0 Å². The molecule has 0 bridgehead atoms. The highest BCUT2D eigenvalue weighted by molar-refractivity contribution is 5.98. The van der Waals surface area contributed by atoms with E-state index in [0.29, 0.717) is 17.7 Å². The summed E-state index contributed by atoms with van der Waals surface area (Å²) < 4.78 is 4.78. The molecule has 6 nitrogen and oxygen atoms in total. The van der Waals surface area contributed by atoms with E-state index in [2.05, 4.69) is 11.1 Å². The lowest BCUT2D eigenvalue weighted by Gasteiger charge is -2.07. The Balaban J connectivity index is 2.09. The molecule has 128 valence electrons. The predicted octanol–water partition coefficient (Wildman–Crippen LogP) is 2.78. The van der Waals surface area contributed by atoms with Crippen molar-refractivity contribution in [2.75, 3.05) is 6.61 Å². The van der Waals surface area contributed by atoms with Crippen LogP contribution in [-0.2, 0) is 16.0 Å². The largest absolute Gasteiger partial charge is 0.506 e. The Morgan fingerprint density at radius 1 is 1.16 bits per heavy atom. The van der Waals surface area contributed by atoms with Gasteiger partial charge in [-0.3, -0.25) is 9.59 Å². The summed E-state index contributed by atoms with van der Waals surface area (Å²) in [7, 11) is 0. The zero-order valence-corrected chi connectivity index (χ0v) is 13.9. The highest BCUT2D eigenvalue weighted by atomic mass is 16.5. The molecule has 0 aliphatic carbocycles. The van der Waals surface area contributed by atoms with E-state index < -0.39 is 11.8 Å². The van der Waals surface area contributed by atoms with Crippen molar-refractivity contribution in [2.45, 2.75) is 26.2 Å². The van der Waals surface area contributed by atoms with E-state index >= 15 is 0 Å². The van der Waals surface area contributed by atoms with E-state index in [1.54, 1.807) is 25.1 Å². The summed E-state index contributed by atoms with van der Waals surface area (Å²) in [4.78, 5) is 27.8. The van der Waals surface area contributed by atoms with Crippen LogP contribution in [0.2, 0.25) is 0 Å². The molecule has 0 unspecified atom stereocenters. The minimum absolute atomic E-state index is 0.0459. The molecule has 1 N–H and O–H groups in total. The first-order chi connectivity index (χ1) is 12.0. The third-order valence-corrected chi connectivity index (χ3v) is 3.53. The summed E-state index contributed by atoms with van der Waals surface area (Å²) in [6.45, 7) is 1.95. The fourth-order valence-electron chi connectivity index (χ4n) is 2.27. The van der Waals surface area contributed by atoms with Gasteiger partial charge in [0.25, 0.3) is 0 Å². The second-order valence-corrected chi connectivity index (χ2v) is 5.38. The number of esters is 1. The molecule has 0 fully saturated rings. The molecule has 1 heterocycles. The maximum atomic E-state index is 12.2. The lowest BCUT2D eigenvalue weighted by molar-refractivity contribution is -0.143. The molecule has 2 aromatic rings. The molecule has 0 aliphatic rings. The van der Waals surface area contributed by atoms with Gasteiger partial charge in [0, 0.05) is 18.5 Å². The van der Waals surface area contributed by atoms with E-state index in [-0.39, 0.29) is 30.9 Å². The summed E-state index contributed by atoms with van der Waals surface area (Å²) in [6.07, 6.45) is 0.345. The average molecular weight is 338 g/mol. The number of hydrogen-bond donors (Lipinski definition) is 1. The molecule has 25 heavy (non-hydrogen) atoms. The maximum Gasteiger partial charge on any atom is 0.306 e. The molecule has 1 aromatic heterocycles. The van der Waals surface area contributed by atoms with Gasteiger partial charge >= 0.3 is 5.97 Å². The number of carbonyl (C=O) groups is 2. The monoisotopic (exact) mass is 338 g/mol. The second kappa shape index (κ2) is 8.60. The van der Waals surface area contributed by atoms with Gasteiger partial charge in [0.15, 0.2) is 5.78 Å². The summed E-state index contributed by atoms with van der Waals surface area (Å²) in [6, 6.07) is 12.2. The van der Waals surface area contributed by atoms with Gasteiger partial charge in [0.05, 0.1) is 24.7 Å². The Kier molecular flexibility index (Phi) is 6.24. The molecule has 1 aromatic carbocycles. The number of ketones is 1. The predicted molar refractivity (Wildman–Crippen MR) is 90.1 cm³/mol. The van der Waals surface area contributed by atoms with Crippen LogP contribution in [0.25, 0.3) is 0 Å². The Hall–Kier alpha value is -3.20. The standard InChI is InChI=1S/C19H18N2O4/c1-2-25-18(24)10-9-17(23)19-16(22)8-7-15(21-19)11-13-3-5-14(12-20)6-4-13/h3-8,22H,2,9-11H2,1H3. The molecule has 2 rings (SSSR count). The summed E-state index contributed by atoms with van der Waals surface area (Å²) in [5, 5.41) is 18.7. The van der Waals surface area contributed by atoms with E-state index in [9.17, 15) is 14.7 Å². The maximum absolute atomic E-state index is 12.2. The van der Waals surface area contributed by atoms with Crippen LogP contribution in [0.5, 0.6) is 5.75 Å². The Bertz CT molecular complexity index is 807. The average Bonchev–Trinajstić information content (AvgIpc) is 2.62. The van der Waals surface area contributed by atoms with Gasteiger partial charge < -0.3 is 9.84 Å². The third kappa shape index (κ3) is 5.15. The van der Waals surface area contributed by atoms with Crippen LogP contribution >= 0.6 is 0 Å². The SMILES string of the molecule is CCOC(=O)CCC(=O)c1nc(Cc2ccc(C#N)cc2)ccc1O. The van der Waals surface area contributed by atoms with Crippen LogP contribution in [0, 0.1) is 11.3 Å². The van der Waals surface area contributed by atoms with Crippen molar-refractivity contribution in [3.05, 3.63) is 58.9 Å². The number of carbonyl (C=O) groups excluding carboxylic acids is 2. The number of pyridine rings is 1. The summed E-state index contributed by atoms with van der Waals surface area (Å²) in [5.74, 6) is -1.08. The van der Waals surface area contributed by atoms with Gasteiger partial charge in [-0.1, -0.05) is 12.1 Å². The van der Waals surface area contributed by atoms with E-state index in [1.807, 2.05) is 12.1 Å². The highest BCUT2D eigenvalue weighted by Gasteiger charge is 2.16. The van der Waals surface area contributed by atoms with Gasteiger partial charge in [0.2, 0.25) is 0 Å². The zero-order chi connectivity index (χ0) is 18.2. The molecule has 0 saturated carbocycles. The van der Waals surface area contributed by atoms with Gasteiger partial charge in [-0.25, -0.2) is 4.98 Å². The number of rotatable bonds is 7. The van der Waals surface area contributed by atoms with Crippen LogP contribution < -0.4 is 0 Å². The van der Waals surface area contributed by atoms with Crippen molar-refractivity contribution in [3.8, 4) is 11.8 Å². The van der Waals surface area contributed by atoms with Crippen LogP contribution in [0.4, 0.5) is 0 Å². The number of hydrogen-bond acceptors (Lipinski definition) is 6. The van der Waals surface area contributed by atoms with Crippen molar-refractivity contribution in [1.82, 2.24) is 4.98 Å². The lowest BCUT2D eigenvalue weighted by atomic mass is 10.1. The first-order valence-corrected chi connectivity index (χ1v) is 7.90. The van der Waals surface area contributed by atoms with Crippen LogP contribution in [0.15, 0.2) is 36.4 Å². The molecule has 0 spiro atoms. The van der Waals surface area contributed by atoms with Crippen LogP contribution in [-0.4, -0.2) is 28.4 Å². The number of nitriles is 1. The van der Waals surface area contributed by atoms with Crippen molar-refractivity contribution in [1.29, 1.82) is 5.26 Å². The van der Waals surface area contributed by atoms with Gasteiger partial charge in [-0.15, -0.1) is 0 Å². The zero-order valence-electron chi connectivity index (χ0n) is 13.9. The highest BCUT2D eigenvalue weighted by Crippen LogP contribution is 2.19. The number of Topliss-reactive ketones (excluding diaryl/α,β-unsaturated/α-hetero) is 1. The van der Waals surface area contributed by atoms with Crippen LogP contribution in [0.3, 0.4) is 0 Å². The number of ether oxygens (including phenoxy) is 1. The fraction of sp³-hybridized carbons (Fsp3) is 0.263. The number of nitrogens with zero attached hydrogens (tertiary/aromatic N) is 2. The number of aromatic nitrogens is 1. The molecule has 0 radical (unpaired) electrons. The van der Waals surface area contributed by atoms with Crippen molar-refractivity contribution in [3.63, 3.8) is 0 Å².